The lowest BCUT2D eigenvalue weighted by Gasteiger charge is -2.10. The van der Waals surface area contributed by atoms with Crippen molar-refractivity contribution in [3.63, 3.8) is 0 Å². The van der Waals surface area contributed by atoms with E-state index in [0.717, 1.165) is 5.92 Å². The molecular weight excluding hydrogens is 124 g/mol. The molecule has 10 heavy (non-hydrogen) atoms. The van der Waals surface area contributed by atoms with Crippen LogP contribution in [0.4, 0.5) is 0 Å². The van der Waals surface area contributed by atoms with Crippen LogP contribution in [0.25, 0.3) is 0 Å². The Labute approximate surface area is 60.9 Å². The molecule has 1 aliphatic heterocycles. The Morgan fingerprint density at radius 1 is 1.70 bits per heavy atom. The lowest BCUT2D eigenvalue weighted by molar-refractivity contribution is -0.762. The van der Waals surface area contributed by atoms with Gasteiger partial charge in [0.2, 0.25) is 5.69 Å². The van der Waals surface area contributed by atoms with Gasteiger partial charge in [0.25, 0.3) is 0 Å². The normalized spacial score (nSPS) is 24.3. The summed E-state index contributed by atoms with van der Waals surface area (Å²) >= 11 is 0. The minimum Gasteiger partial charge on any atom is -0.173 e. The number of aromatic amines is 1. The first kappa shape index (κ1) is 5.96. The van der Waals surface area contributed by atoms with E-state index in [-0.39, 0.29) is 0 Å². The number of hydrogen-bond donors (Lipinski definition) is 1. The van der Waals surface area contributed by atoms with Crippen LogP contribution in [-0.4, -0.2) is 5.10 Å². The predicted molar refractivity (Wildman–Crippen MR) is 38.6 cm³/mol. The average Bonchev–Trinajstić information content (AvgIpc) is 2.36. The molecule has 0 spiro atoms. The van der Waals surface area contributed by atoms with Crippen LogP contribution in [0.3, 0.4) is 0 Å². The third kappa shape index (κ3) is 0.753. The first-order chi connectivity index (χ1) is 4.88. The SMILES string of the molecule is CC1CCC[n+]2[nH]ccc21. The van der Waals surface area contributed by atoms with Crippen molar-refractivity contribution >= 4 is 0 Å². The molecule has 2 heterocycles. The second-order valence-corrected chi connectivity index (χ2v) is 3.08. The third-order valence-corrected chi connectivity index (χ3v) is 2.32. The molecule has 0 aliphatic carbocycles. The van der Waals surface area contributed by atoms with Gasteiger partial charge in [0, 0.05) is 18.4 Å². The van der Waals surface area contributed by atoms with Gasteiger partial charge in [-0.25, -0.2) is 0 Å². The molecule has 1 N–H and O–H groups in total. The zero-order valence-electron chi connectivity index (χ0n) is 6.30. The quantitative estimate of drug-likeness (QED) is 0.518. The number of hydrogen-bond acceptors (Lipinski definition) is 0. The van der Waals surface area contributed by atoms with E-state index in [0.29, 0.717) is 0 Å². The first-order valence-corrected chi connectivity index (χ1v) is 3.95. The van der Waals surface area contributed by atoms with E-state index >= 15 is 0 Å². The largest absolute Gasteiger partial charge is 0.210 e. The van der Waals surface area contributed by atoms with Crippen molar-refractivity contribution in [3.8, 4) is 0 Å². The minimum atomic E-state index is 0.750. The van der Waals surface area contributed by atoms with Gasteiger partial charge in [-0.15, -0.1) is 4.68 Å². The summed E-state index contributed by atoms with van der Waals surface area (Å²) in [6, 6.07) is 2.18. The van der Waals surface area contributed by atoms with Crippen LogP contribution in [0, 0.1) is 0 Å². The number of H-pyrrole nitrogens is 1. The molecule has 1 aromatic heterocycles. The highest BCUT2D eigenvalue weighted by atomic mass is 15.3. The van der Waals surface area contributed by atoms with Crippen molar-refractivity contribution < 1.29 is 4.68 Å². The lowest BCUT2D eigenvalue weighted by atomic mass is 9.99. The molecule has 0 fully saturated rings. The van der Waals surface area contributed by atoms with Crippen LogP contribution in [0.5, 0.6) is 0 Å². The Bertz CT molecular complexity index is 227. The zero-order valence-corrected chi connectivity index (χ0v) is 6.30. The summed E-state index contributed by atoms with van der Waals surface area (Å²) in [6.45, 7) is 3.46. The molecule has 1 unspecified atom stereocenters. The number of aryl methyl sites for hydroxylation is 1. The predicted octanol–water partition coefficient (Wildman–Crippen LogP) is 1.20. The highest BCUT2D eigenvalue weighted by Gasteiger charge is 2.23. The second kappa shape index (κ2) is 2.11. The van der Waals surface area contributed by atoms with Gasteiger partial charge in [-0.2, -0.15) is 5.10 Å². The molecule has 54 valence electrons. The Morgan fingerprint density at radius 2 is 2.60 bits per heavy atom. The van der Waals surface area contributed by atoms with Gasteiger partial charge in [-0.1, -0.05) is 6.92 Å². The molecule has 2 nitrogen and oxygen atoms in total. The number of fused-ring (bicyclic) bond motifs is 1. The molecule has 0 bridgehead atoms. The number of nitrogens with one attached hydrogen (secondary N) is 1. The van der Waals surface area contributed by atoms with Crippen molar-refractivity contribution in [2.45, 2.75) is 32.2 Å². The molecule has 0 aromatic carbocycles. The maximum Gasteiger partial charge on any atom is 0.210 e. The monoisotopic (exact) mass is 137 g/mol. The summed E-state index contributed by atoms with van der Waals surface area (Å²) in [4.78, 5) is 0. The van der Waals surface area contributed by atoms with Gasteiger partial charge in [0.1, 0.15) is 0 Å². The van der Waals surface area contributed by atoms with E-state index < -0.39 is 0 Å². The standard InChI is InChI=1S/C8H12N2/c1-7-3-2-6-10-8(7)4-5-9-10/h4-5,7H,2-3,6H2,1H3/p+1. The zero-order chi connectivity index (χ0) is 6.97. The minimum absolute atomic E-state index is 0.750. The fourth-order valence-electron chi connectivity index (χ4n) is 1.70. The van der Waals surface area contributed by atoms with E-state index in [1.807, 2.05) is 6.20 Å². The summed E-state index contributed by atoms with van der Waals surface area (Å²) in [6.07, 6.45) is 4.69. The molecule has 2 heteroatoms. The maximum atomic E-state index is 3.20. The fourth-order valence-corrected chi connectivity index (χ4v) is 1.70. The summed E-state index contributed by atoms with van der Waals surface area (Å²) in [5.74, 6) is 0.750. The van der Waals surface area contributed by atoms with Gasteiger partial charge in [0.05, 0.1) is 6.20 Å². The molecule has 1 aliphatic rings. The van der Waals surface area contributed by atoms with Gasteiger partial charge < -0.3 is 0 Å². The molecule has 0 saturated heterocycles. The van der Waals surface area contributed by atoms with Crippen molar-refractivity contribution in [1.29, 1.82) is 0 Å². The van der Waals surface area contributed by atoms with Crippen LogP contribution < -0.4 is 4.68 Å². The van der Waals surface area contributed by atoms with Crippen molar-refractivity contribution in [1.82, 2.24) is 5.10 Å². The molecule has 1 atom stereocenters. The van der Waals surface area contributed by atoms with Crippen LogP contribution in [0.15, 0.2) is 12.3 Å². The van der Waals surface area contributed by atoms with E-state index in [9.17, 15) is 0 Å². The molecule has 0 radical (unpaired) electrons. The topological polar surface area (TPSA) is 19.7 Å². The van der Waals surface area contributed by atoms with Crippen LogP contribution in [-0.2, 0) is 6.54 Å². The van der Waals surface area contributed by atoms with Crippen molar-refractivity contribution in [3.05, 3.63) is 18.0 Å². The fraction of sp³-hybridized carbons (Fsp3) is 0.625. The summed E-state index contributed by atoms with van der Waals surface area (Å²) in [5, 5.41) is 3.20. The van der Waals surface area contributed by atoms with E-state index in [1.54, 1.807) is 0 Å². The van der Waals surface area contributed by atoms with E-state index in [4.69, 9.17) is 0 Å². The van der Waals surface area contributed by atoms with Crippen LogP contribution in [0.2, 0.25) is 0 Å². The summed E-state index contributed by atoms with van der Waals surface area (Å²) in [7, 11) is 0. The molecule has 2 rings (SSSR count). The Hall–Kier alpha value is -0.790. The Balaban J connectivity index is 2.41. The van der Waals surface area contributed by atoms with E-state index in [1.165, 1.54) is 25.1 Å². The number of aromatic nitrogens is 2. The highest BCUT2D eigenvalue weighted by Crippen LogP contribution is 2.20. The van der Waals surface area contributed by atoms with E-state index in [2.05, 4.69) is 22.8 Å². The second-order valence-electron chi connectivity index (χ2n) is 3.08. The summed E-state index contributed by atoms with van der Waals surface area (Å²) in [5.41, 5.74) is 1.46. The molecule has 1 aromatic rings. The van der Waals surface area contributed by atoms with Crippen molar-refractivity contribution in [2.24, 2.45) is 0 Å². The van der Waals surface area contributed by atoms with Gasteiger partial charge in [-0.3, -0.25) is 0 Å². The van der Waals surface area contributed by atoms with Crippen molar-refractivity contribution in [2.75, 3.05) is 0 Å². The maximum absolute atomic E-state index is 3.20. The smallest absolute Gasteiger partial charge is 0.173 e. The average molecular weight is 137 g/mol. The van der Waals surface area contributed by atoms with Gasteiger partial charge in [-0.05, 0) is 6.42 Å². The summed E-state index contributed by atoms with van der Waals surface area (Å²) < 4.78 is 2.24. The highest BCUT2D eigenvalue weighted by molar-refractivity contribution is 4.99. The number of nitrogens with zero attached hydrogens (tertiary/aromatic N) is 1. The van der Waals surface area contributed by atoms with Gasteiger partial charge in [0.15, 0.2) is 6.54 Å². The molecular formula is C8H13N2+. The lowest BCUT2D eigenvalue weighted by Crippen LogP contribution is -2.42. The van der Waals surface area contributed by atoms with Gasteiger partial charge >= 0.3 is 0 Å². The van der Waals surface area contributed by atoms with Crippen LogP contribution >= 0.6 is 0 Å². The Morgan fingerprint density at radius 3 is 3.40 bits per heavy atom. The third-order valence-electron chi connectivity index (χ3n) is 2.32. The van der Waals surface area contributed by atoms with Crippen LogP contribution in [0.1, 0.15) is 31.4 Å². The Kier molecular flexibility index (Phi) is 1.26. The molecule has 0 saturated carbocycles. The molecule has 0 amide bonds. The number of rotatable bonds is 0. The first-order valence-electron chi connectivity index (χ1n) is 3.95.